The molecule has 1 aliphatic rings. The molecule has 0 radical (unpaired) electrons. The Labute approximate surface area is 156 Å². The summed E-state index contributed by atoms with van der Waals surface area (Å²) in [6.45, 7) is 0.584. The van der Waals surface area contributed by atoms with E-state index in [9.17, 15) is 13.2 Å². The minimum atomic E-state index is -4.66. The summed E-state index contributed by atoms with van der Waals surface area (Å²) in [5, 5.41) is 3.71. The average Bonchev–Trinajstić information content (AvgIpc) is 3.09. The number of aryl methyl sites for hydroxylation is 2. The Hall–Kier alpha value is -3.17. The molecule has 4 aromatic rings. The maximum absolute atomic E-state index is 12.6. The van der Waals surface area contributed by atoms with Crippen molar-refractivity contribution in [1.82, 2.24) is 24.7 Å². The Morgan fingerprint density at radius 2 is 1.93 bits per heavy atom. The highest BCUT2D eigenvalue weighted by Gasteiger charge is 2.37. The number of para-hydroxylation sites is 2. The number of rotatable bonds is 5. The Kier molecular flexibility index (Phi) is 3.74. The molecular formula is C18H14F3N5O2. The number of alkyl halides is 3. The minimum Gasteiger partial charge on any atom is -0.441 e. The van der Waals surface area contributed by atoms with Crippen LogP contribution in [0.1, 0.15) is 36.4 Å². The molecule has 0 N–H and O–H groups in total. The van der Waals surface area contributed by atoms with Gasteiger partial charge in [0.2, 0.25) is 11.7 Å². The topological polar surface area (TPSA) is 82.8 Å². The van der Waals surface area contributed by atoms with E-state index in [4.69, 9.17) is 9.51 Å². The van der Waals surface area contributed by atoms with Gasteiger partial charge < -0.3 is 13.5 Å². The van der Waals surface area contributed by atoms with Gasteiger partial charge in [0.1, 0.15) is 12.1 Å². The summed E-state index contributed by atoms with van der Waals surface area (Å²) in [7, 11) is 0. The van der Waals surface area contributed by atoms with E-state index in [2.05, 4.69) is 24.1 Å². The Bertz CT molecular complexity index is 1140. The number of oxazole rings is 1. The lowest BCUT2D eigenvalue weighted by Crippen LogP contribution is -2.06. The third-order valence-corrected chi connectivity index (χ3v) is 4.62. The van der Waals surface area contributed by atoms with Crippen molar-refractivity contribution < 1.29 is 22.1 Å². The highest BCUT2D eigenvalue weighted by molar-refractivity contribution is 5.76. The molecule has 7 nitrogen and oxygen atoms in total. The van der Waals surface area contributed by atoms with Gasteiger partial charge in [-0.15, -0.1) is 0 Å². The van der Waals surface area contributed by atoms with Crippen LogP contribution in [0.5, 0.6) is 0 Å². The number of halogens is 3. The molecule has 0 atom stereocenters. The molecular weight excluding hydrogens is 375 g/mol. The first-order chi connectivity index (χ1) is 13.5. The number of aromatic nitrogens is 5. The largest absolute Gasteiger partial charge is 0.468 e. The molecule has 0 amide bonds. The highest BCUT2D eigenvalue weighted by Crippen LogP contribution is 2.40. The average molecular weight is 389 g/mol. The fourth-order valence-electron chi connectivity index (χ4n) is 3.16. The van der Waals surface area contributed by atoms with Crippen LogP contribution in [-0.4, -0.2) is 24.7 Å². The van der Waals surface area contributed by atoms with E-state index < -0.39 is 12.1 Å². The van der Waals surface area contributed by atoms with Crippen molar-refractivity contribution in [2.24, 2.45) is 0 Å². The number of fused-ring (bicyclic) bond motifs is 1. The van der Waals surface area contributed by atoms with Crippen molar-refractivity contribution in [3.63, 3.8) is 0 Å². The second-order valence-corrected chi connectivity index (χ2v) is 6.68. The van der Waals surface area contributed by atoms with E-state index in [1.165, 1.54) is 0 Å². The fourth-order valence-corrected chi connectivity index (χ4v) is 3.16. The summed E-state index contributed by atoms with van der Waals surface area (Å²) < 4.78 is 49.6. The van der Waals surface area contributed by atoms with Crippen molar-refractivity contribution in [3.05, 3.63) is 48.1 Å². The maximum Gasteiger partial charge on any atom is 0.468 e. The van der Waals surface area contributed by atoms with Gasteiger partial charge in [-0.1, -0.05) is 17.3 Å². The Morgan fingerprint density at radius 3 is 2.68 bits per heavy atom. The van der Waals surface area contributed by atoms with E-state index in [-0.39, 0.29) is 11.5 Å². The lowest BCUT2D eigenvalue weighted by molar-refractivity contribution is -0.157. The fraction of sp³-hybridized carbons (Fsp3) is 0.333. The normalized spacial score (nSPS) is 14.8. The SMILES string of the molecule is FC(F)(F)c1nc(-c2noc(CCn3c(C4CC4)nc4ccccc43)n2)co1. The van der Waals surface area contributed by atoms with Crippen molar-refractivity contribution in [2.75, 3.05) is 0 Å². The van der Waals surface area contributed by atoms with Crippen LogP contribution in [-0.2, 0) is 19.1 Å². The predicted octanol–water partition coefficient (Wildman–Crippen LogP) is 4.21. The van der Waals surface area contributed by atoms with Gasteiger partial charge in [-0.2, -0.15) is 18.2 Å². The summed E-state index contributed by atoms with van der Waals surface area (Å²) in [5.41, 5.74) is 1.86. The van der Waals surface area contributed by atoms with E-state index in [1.807, 2.05) is 24.3 Å². The van der Waals surface area contributed by atoms with E-state index in [0.29, 0.717) is 24.8 Å². The van der Waals surface area contributed by atoms with Crippen molar-refractivity contribution >= 4 is 11.0 Å². The lowest BCUT2D eigenvalue weighted by atomic mass is 10.3. The summed E-state index contributed by atoms with van der Waals surface area (Å²) in [6.07, 6.45) is -1.11. The molecule has 3 heterocycles. The quantitative estimate of drug-likeness (QED) is 0.508. The second kappa shape index (κ2) is 6.18. The summed E-state index contributed by atoms with van der Waals surface area (Å²) in [4.78, 5) is 12.2. The number of hydrogen-bond donors (Lipinski definition) is 0. The van der Waals surface area contributed by atoms with E-state index >= 15 is 0 Å². The molecule has 0 bridgehead atoms. The van der Waals surface area contributed by atoms with Crippen LogP contribution in [0, 0.1) is 0 Å². The molecule has 1 saturated carbocycles. The summed E-state index contributed by atoms with van der Waals surface area (Å²) in [5.74, 6) is 0.458. The minimum absolute atomic E-state index is 0.0350. The van der Waals surface area contributed by atoms with Crippen LogP contribution in [0.15, 0.2) is 39.5 Å². The zero-order chi connectivity index (χ0) is 19.3. The van der Waals surface area contributed by atoms with Crippen LogP contribution >= 0.6 is 0 Å². The highest BCUT2D eigenvalue weighted by atomic mass is 19.4. The van der Waals surface area contributed by atoms with Crippen molar-refractivity contribution in [1.29, 1.82) is 0 Å². The zero-order valence-electron chi connectivity index (χ0n) is 14.5. The van der Waals surface area contributed by atoms with Gasteiger partial charge in [0.15, 0.2) is 5.69 Å². The molecule has 0 saturated heterocycles. The van der Waals surface area contributed by atoms with Crippen molar-refractivity contribution in [2.45, 2.75) is 37.9 Å². The smallest absolute Gasteiger partial charge is 0.441 e. The Morgan fingerprint density at radius 1 is 1.11 bits per heavy atom. The van der Waals surface area contributed by atoms with Crippen LogP contribution < -0.4 is 0 Å². The van der Waals surface area contributed by atoms with Gasteiger partial charge >= 0.3 is 12.1 Å². The standard InChI is InChI=1S/C18H14F3N5O2/c19-18(20,21)17-23-12(9-27-17)15-24-14(28-25-15)7-8-26-13-4-2-1-3-11(13)22-16(26)10-5-6-10/h1-4,9-10H,5-8H2. The molecule has 0 unspecified atom stereocenters. The first kappa shape index (κ1) is 17.0. The lowest BCUT2D eigenvalue weighted by Gasteiger charge is -2.06. The zero-order valence-corrected chi connectivity index (χ0v) is 14.5. The third-order valence-electron chi connectivity index (χ3n) is 4.62. The Balaban J connectivity index is 1.37. The number of benzene rings is 1. The van der Waals surface area contributed by atoms with E-state index in [1.54, 1.807) is 0 Å². The number of hydrogen-bond acceptors (Lipinski definition) is 6. The van der Waals surface area contributed by atoms with Crippen LogP contribution in [0.3, 0.4) is 0 Å². The van der Waals surface area contributed by atoms with Gasteiger partial charge in [0, 0.05) is 18.9 Å². The molecule has 28 heavy (non-hydrogen) atoms. The molecule has 0 aliphatic heterocycles. The van der Waals surface area contributed by atoms with Gasteiger partial charge in [-0.25, -0.2) is 9.97 Å². The first-order valence-corrected chi connectivity index (χ1v) is 8.80. The second-order valence-electron chi connectivity index (χ2n) is 6.68. The van der Waals surface area contributed by atoms with Gasteiger partial charge in [0.05, 0.1) is 11.0 Å². The third kappa shape index (κ3) is 3.04. The molecule has 3 aromatic heterocycles. The molecule has 1 fully saturated rings. The summed E-state index contributed by atoms with van der Waals surface area (Å²) in [6, 6.07) is 7.91. The monoisotopic (exact) mass is 389 g/mol. The van der Waals surface area contributed by atoms with E-state index in [0.717, 1.165) is 36.0 Å². The summed E-state index contributed by atoms with van der Waals surface area (Å²) >= 11 is 0. The van der Waals surface area contributed by atoms with Crippen LogP contribution in [0.25, 0.3) is 22.6 Å². The number of nitrogens with zero attached hydrogens (tertiary/aromatic N) is 5. The predicted molar refractivity (Wildman–Crippen MR) is 90.2 cm³/mol. The maximum atomic E-state index is 12.6. The molecule has 1 aromatic carbocycles. The molecule has 1 aliphatic carbocycles. The van der Waals surface area contributed by atoms with Crippen LogP contribution in [0.4, 0.5) is 13.2 Å². The molecule has 0 spiro atoms. The van der Waals surface area contributed by atoms with Gasteiger partial charge in [-0.05, 0) is 25.0 Å². The first-order valence-electron chi connectivity index (χ1n) is 8.80. The van der Waals surface area contributed by atoms with Crippen molar-refractivity contribution in [3.8, 4) is 11.5 Å². The molecule has 10 heteroatoms. The van der Waals surface area contributed by atoms with Gasteiger partial charge in [0.25, 0.3) is 0 Å². The number of imidazole rings is 1. The van der Waals surface area contributed by atoms with Gasteiger partial charge in [-0.3, -0.25) is 0 Å². The molecule has 144 valence electrons. The molecule has 5 rings (SSSR count). The van der Waals surface area contributed by atoms with Crippen LogP contribution in [0.2, 0.25) is 0 Å².